The topological polar surface area (TPSA) is 87.3 Å². The number of nitrogens with one attached hydrogen (secondary N) is 3. The number of hydrogen-bond donors (Lipinski definition) is 4. The number of amides is 2. The Labute approximate surface area is 130 Å². The normalized spacial score (nSPS) is 10.4. The first-order chi connectivity index (χ1) is 10.8. The van der Waals surface area contributed by atoms with Crippen LogP contribution in [0.1, 0.15) is 0 Å². The van der Waals surface area contributed by atoms with Crippen LogP contribution in [-0.2, 0) is 10.9 Å². The molecule has 2 amide bonds. The van der Waals surface area contributed by atoms with Crippen molar-refractivity contribution in [1.82, 2.24) is 0 Å². The minimum Gasteiger partial charge on any atom is -0.308 e. The summed E-state index contributed by atoms with van der Waals surface area (Å²) in [6.45, 7) is 0. The molecule has 0 atom stereocenters. The molecule has 10 heteroatoms. The number of carbonyl (C=O) groups excluding carboxylic acids is 1. The third kappa shape index (κ3) is 4.61. The van der Waals surface area contributed by atoms with E-state index < -0.39 is 40.1 Å². The Hall–Kier alpha value is -2.75. The van der Waals surface area contributed by atoms with Crippen LogP contribution in [-0.4, -0.2) is 14.4 Å². The van der Waals surface area contributed by atoms with E-state index in [9.17, 15) is 26.4 Å². The van der Waals surface area contributed by atoms with E-state index in [1.165, 1.54) is 24.3 Å². The van der Waals surface area contributed by atoms with Gasteiger partial charge in [0.1, 0.15) is 5.82 Å². The Bertz CT molecular complexity index is 802. The maximum Gasteiger partial charge on any atom is 0.323 e. The Balaban J connectivity index is 2.03. The summed E-state index contributed by atoms with van der Waals surface area (Å²) >= 11 is 0. The van der Waals surface area contributed by atoms with Crippen molar-refractivity contribution in [2.24, 2.45) is 0 Å². The van der Waals surface area contributed by atoms with Crippen LogP contribution in [0.4, 0.5) is 35.0 Å². The fourth-order valence-electron chi connectivity index (χ4n) is 1.64. The molecule has 0 bridgehead atoms. The van der Waals surface area contributed by atoms with Gasteiger partial charge in [-0.2, -0.15) is 0 Å². The van der Waals surface area contributed by atoms with Gasteiger partial charge in [-0.3, -0.25) is 4.72 Å². The third-order valence-electron chi connectivity index (χ3n) is 2.62. The Morgan fingerprint density at radius 2 is 1.39 bits per heavy atom. The number of halogens is 3. The lowest BCUT2D eigenvalue weighted by Gasteiger charge is -2.09. The lowest BCUT2D eigenvalue weighted by Crippen LogP contribution is -2.20. The highest BCUT2D eigenvalue weighted by Gasteiger charge is 2.12. The number of rotatable bonds is 4. The number of urea groups is 1. The van der Waals surface area contributed by atoms with Crippen molar-refractivity contribution >= 4 is 34.0 Å². The quantitative estimate of drug-likeness (QED) is 0.508. The van der Waals surface area contributed by atoms with Gasteiger partial charge in [0.05, 0.1) is 5.69 Å². The van der Waals surface area contributed by atoms with Gasteiger partial charge in [0.15, 0.2) is 11.6 Å². The standard InChI is InChI=1S/C13H10F3N3O3S/c14-9-5-11(16)12(6-10(9)15)18-13(20)17-7-1-3-8(4-2-7)19-23(21)22/h1-6,23H,(H2,17,18,20)(H,19,21,22). The van der Waals surface area contributed by atoms with Gasteiger partial charge in [-0.15, -0.1) is 0 Å². The van der Waals surface area contributed by atoms with Crippen molar-refractivity contribution in [2.75, 3.05) is 15.4 Å². The number of benzene rings is 2. The summed E-state index contributed by atoms with van der Waals surface area (Å²) in [5.41, 5.74) is 0.0407. The third-order valence-corrected chi connectivity index (χ3v) is 3.06. The molecule has 23 heavy (non-hydrogen) atoms. The minimum absolute atomic E-state index is 0.275. The first-order valence-corrected chi connectivity index (χ1v) is 7.26. The Kier molecular flexibility index (Phi) is 5.06. The second-order valence-corrected chi connectivity index (χ2v) is 5.01. The molecule has 2 rings (SSSR count). The second-order valence-electron chi connectivity index (χ2n) is 4.27. The van der Waals surface area contributed by atoms with Crippen LogP contribution in [0.25, 0.3) is 0 Å². The van der Waals surface area contributed by atoms with E-state index in [0.717, 1.165) is 0 Å². The number of anilines is 3. The van der Waals surface area contributed by atoms with Crippen molar-refractivity contribution in [2.45, 2.75) is 0 Å². The van der Waals surface area contributed by atoms with Crippen LogP contribution in [0.5, 0.6) is 0 Å². The highest BCUT2D eigenvalue weighted by Crippen LogP contribution is 2.19. The fourth-order valence-corrected chi connectivity index (χ4v) is 2.00. The molecule has 2 aromatic rings. The first-order valence-electron chi connectivity index (χ1n) is 6.09. The largest absolute Gasteiger partial charge is 0.323 e. The van der Waals surface area contributed by atoms with Crippen molar-refractivity contribution in [1.29, 1.82) is 0 Å². The molecule has 122 valence electrons. The molecule has 6 nitrogen and oxygen atoms in total. The maximum atomic E-state index is 13.4. The maximum absolute atomic E-state index is 13.4. The molecular weight excluding hydrogens is 335 g/mol. The first kappa shape index (κ1) is 16.6. The summed E-state index contributed by atoms with van der Waals surface area (Å²) in [5, 5.41) is 4.35. The lowest BCUT2D eigenvalue weighted by atomic mass is 10.3. The van der Waals surface area contributed by atoms with E-state index in [1.807, 2.05) is 5.32 Å². The zero-order chi connectivity index (χ0) is 17.0. The summed E-state index contributed by atoms with van der Waals surface area (Å²) in [4.78, 5) is 11.7. The van der Waals surface area contributed by atoms with Crippen LogP contribution in [0.3, 0.4) is 0 Å². The molecule has 2 aromatic carbocycles. The molecule has 0 radical (unpaired) electrons. The van der Waals surface area contributed by atoms with Gasteiger partial charge >= 0.3 is 6.03 Å². The van der Waals surface area contributed by atoms with Crippen LogP contribution in [0.15, 0.2) is 36.4 Å². The summed E-state index contributed by atoms with van der Waals surface area (Å²) in [7, 11) is -2.80. The van der Waals surface area contributed by atoms with Crippen LogP contribution in [0.2, 0.25) is 0 Å². The number of hydrogen-bond acceptors (Lipinski definition) is 3. The van der Waals surface area contributed by atoms with Crippen molar-refractivity contribution < 1.29 is 26.4 Å². The molecule has 0 fully saturated rings. The Morgan fingerprint density at radius 3 is 2.00 bits per heavy atom. The van der Waals surface area contributed by atoms with Gasteiger partial charge in [-0.1, -0.05) is 0 Å². The van der Waals surface area contributed by atoms with Crippen LogP contribution in [0, 0.1) is 17.5 Å². The van der Waals surface area contributed by atoms with Gasteiger partial charge in [-0.25, -0.2) is 26.4 Å². The molecule has 0 saturated heterocycles. The number of thiol groups is 1. The van der Waals surface area contributed by atoms with E-state index in [4.69, 9.17) is 0 Å². The van der Waals surface area contributed by atoms with Gasteiger partial charge in [-0.05, 0) is 24.3 Å². The SMILES string of the molecule is O=C(Nc1ccc(N[SH](=O)=O)cc1)Nc1cc(F)c(F)cc1F. The van der Waals surface area contributed by atoms with E-state index in [2.05, 4.69) is 10.0 Å². The van der Waals surface area contributed by atoms with E-state index in [-0.39, 0.29) is 5.69 Å². The molecule has 0 heterocycles. The average molecular weight is 345 g/mol. The van der Waals surface area contributed by atoms with Gasteiger partial charge in [0.25, 0.3) is 0 Å². The highest BCUT2D eigenvalue weighted by atomic mass is 32.2. The minimum atomic E-state index is -2.80. The molecule has 0 aromatic heterocycles. The zero-order valence-electron chi connectivity index (χ0n) is 11.3. The molecular formula is C13H10F3N3O3S. The van der Waals surface area contributed by atoms with E-state index in [1.54, 1.807) is 0 Å². The predicted octanol–water partition coefficient (Wildman–Crippen LogP) is 2.69. The van der Waals surface area contributed by atoms with Gasteiger partial charge in [0.2, 0.25) is 10.9 Å². The number of carbonyl (C=O) groups is 1. The smallest absolute Gasteiger partial charge is 0.308 e. The predicted molar refractivity (Wildman–Crippen MR) is 79.3 cm³/mol. The molecule has 0 aliphatic carbocycles. The molecule has 0 aliphatic heterocycles. The molecule has 0 spiro atoms. The summed E-state index contributed by atoms with van der Waals surface area (Å²) in [6, 6.07) is 5.51. The fraction of sp³-hybridized carbons (Fsp3) is 0. The van der Waals surface area contributed by atoms with Crippen LogP contribution < -0.4 is 15.4 Å². The zero-order valence-corrected chi connectivity index (χ0v) is 12.2. The van der Waals surface area contributed by atoms with Gasteiger partial charge < -0.3 is 10.6 Å². The summed E-state index contributed by atoms with van der Waals surface area (Å²) < 4.78 is 62.3. The monoisotopic (exact) mass is 345 g/mol. The molecule has 0 saturated carbocycles. The van der Waals surface area contributed by atoms with E-state index >= 15 is 0 Å². The van der Waals surface area contributed by atoms with E-state index in [0.29, 0.717) is 17.8 Å². The van der Waals surface area contributed by atoms with Crippen LogP contribution >= 0.6 is 0 Å². The molecule has 0 aliphatic rings. The summed E-state index contributed by atoms with van der Waals surface area (Å²) in [6.07, 6.45) is 0. The Morgan fingerprint density at radius 1 is 0.826 bits per heavy atom. The summed E-state index contributed by atoms with van der Waals surface area (Å²) in [5.74, 6) is -3.80. The van der Waals surface area contributed by atoms with Crippen molar-refractivity contribution in [3.8, 4) is 0 Å². The molecule has 3 N–H and O–H groups in total. The van der Waals surface area contributed by atoms with Gasteiger partial charge in [0, 0.05) is 23.5 Å². The molecule has 0 unspecified atom stereocenters. The highest BCUT2D eigenvalue weighted by molar-refractivity contribution is 7.73. The second kappa shape index (κ2) is 7.01. The van der Waals surface area contributed by atoms with Crippen molar-refractivity contribution in [3.05, 3.63) is 53.8 Å². The lowest BCUT2D eigenvalue weighted by molar-refractivity contribution is 0.262. The van der Waals surface area contributed by atoms with Crippen molar-refractivity contribution in [3.63, 3.8) is 0 Å². The average Bonchev–Trinajstić information content (AvgIpc) is 2.46.